The first-order chi connectivity index (χ1) is 9.40. The molecule has 1 saturated carbocycles. The first kappa shape index (κ1) is 11.7. The number of para-hydroxylation sites is 1. The zero-order chi connectivity index (χ0) is 12.7. The van der Waals surface area contributed by atoms with Crippen molar-refractivity contribution >= 4 is 5.69 Å². The summed E-state index contributed by atoms with van der Waals surface area (Å²) in [5, 5.41) is 3.54. The largest absolute Gasteiger partial charge is 0.384 e. The van der Waals surface area contributed by atoms with Crippen LogP contribution in [0.1, 0.15) is 24.3 Å². The average molecular weight is 257 g/mol. The van der Waals surface area contributed by atoms with Gasteiger partial charge in [-0.25, -0.2) is 0 Å². The van der Waals surface area contributed by atoms with E-state index in [0.29, 0.717) is 5.92 Å². The first-order valence-electron chi connectivity index (χ1n) is 7.69. The van der Waals surface area contributed by atoms with Crippen LogP contribution >= 0.6 is 0 Å². The summed E-state index contributed by atoms with van der Waals surface area (Å²) in [6.45, 7) is 7.42. The molecule has 0 bridgehead atoms. The maximum atomic E-state index is 3.54. The highest BCUT2D eigenvalue weighted by atomic mass is 15.3. The molecule has 4 rings (SSSR count). The Morgan fingerprint density at radius 2 is 1.84 bits per heavy atom. The van der Waals surface area contributed by atoms with Crippen LogP contribution in [0.15, 0.2) is 24.3 Å². The van der Waals surface area contributed by atoms with Gasteiger partial charge in [-0.15, -0.1) is 0 Å². The standard InChI is InChI=1S/C16H23N3/c1-2-4-16-15(3-1)13(11-17-16)12-18-7-9-19(10-8-18)14-5-6-14/h1-4,13-14,17H,5-12H2. The van der Waals surface area contributed by atoms with E-state index in [1.807, 2.05) is 0 Å². The second kappa shape index (κ2) is 4.80. The van der Waals surface area contributed by atoms with Gasteiger partial charge in [0.1, 0.15) is 0 Å². The Bertz CT molecular complexity index is 447. The molecule has 3 aliphatic rings. The van der Waals surface area contributed by atoms with Crippen LogP contribution in [0, 0.1) is 0 Å². The summed E-state index contributed by atoms with van der Waals surface area (Å²) in [6.07, 6.45) is 2.89. The van der Waals surface area contributed by atoms with Crippen molar-refractivity contribution in [2.45, 2.75) is 24.8 Å². The summed E-state index contributed by atoms with van der Waals surface area (Å²) >= 11 is 0. The minimum atomic E-state index is 0.684. The van der Waals surface area contributed by atoms with Gasteiger partial charge in [0.15, 0.2) is 0 Å². The van der Waals surface area contributed by atoms with Gasteiger partial charge in [0, 0.05) is 56.9 Å². The van der Waals surface area contributed by atoms with Gasteiger partial charge in [0.25, 0.3) is 0 Å². The van der Waals surface area contributed by atoms with Crippen molar-refractivity contribution in [2.24, 2.45) is 0 Å². The molecule has 0 spiro atoms. The molecule has 3 heteroatoms. The maximum Gasteiger partial charge on any atom is 0.0376 e. The van der Waals surface area contributed by atoms with E-state index in [2.05, 4.69) is 39.4 Å². The number of piperazine rings is 1. The van der Waals surface area contributed by atoms with E-state index in [9.17, 15) is 0 Å². The molecule has 2 heterocycles. The Morgan fingerprint density at radius 3 is 2.63 bits per heavy atom. The van der Waals surface area contributed by atoms with Crippen molar-refractivity contribution in [1.82, 2.24) is 9.80 Å². The highest BCUT2D eigenvalue weighted by Crippen LogP contribution is 2.32. The molecule has 0 amide bonds. The van der Waals surface area contributed by atoms with Crippen molar-refractivity contribution in [3.05, 3.63) is 29.8 Å². The maximum absolute atomic E-state index is 3.54. The predicted octanol–water partition coefficient (Wildman–Crippen LogP) is 1.98. The van der Waals surface area contributed by atoms with E-state index in [4.69, 9.17) is 0 Å². The van der Waals surface area contributed by atoms with E-state index in [0.717, 1.165) is 12.6 Å². The Morgan fingerprint density at radius 1 is 1.05 bits per heavy atom. The van der Waals surface area contributed by atoms with E-state index >= 15 is 0 Å². The Kier molecular flexibility index (Phi) is 2.97. The van der Waals surface area contributed by atoms with Gasteiger partial charge in [-0.3, -0.25) is 4.90 Å². The molecular formula is C16H23N3. The number of anilines is 1. The molecule has 0 radical (unpaired) electrons. The summed E-state index contributed by atoms with van der Waals surface area (Å²) in [5.74, 6) is 0.684. The molecule has 1 aromatic carbocycles. The first-order valence-corrected chi connectivity index (χ1v) is 7.69. The zero-order valence-electron chi connectivity index (χ0n) is 11.5. The number of hydrogen-bond acceptors (Lipinski definition) is 3. The molecule has 1 saturated heterocycles. The van der Waals surface area contributed by atoms with Crippen molar-refractivity contribution in [2.75, 3.05) is 44.6 Å². The molecule has 1 aromatic rings. The minimum Gasteiger partial charge on any atom is -0.384 e. The van der Waals surface area contributed by atoms with Crippen LogP contribution in [0.2, 0.25) is 0 Å². The Balaban J connectivity index is 1.35. The molecule has 3 nitrogen and oxygen atoms in total. The van der Waals surface area contributed by atoms with Gasteiger partial charge in [-0.2, -0.15) is 0 Å². The number of rotatable bonds is 3. The smallest absolute Gasteiger partial charge is 0.0376 e. The lowest BCUT2D eigenvalue weighted by Crippen LogP contribution is -2.48. The van der Waals surface area contributed by atoms with E-state index in [1.165, 1.54) is 56.8 Å². The summed E-state index contributed by atoms with van der Waals surface area (Å²) in [5.41, 5.74) is 2.87. The molecule has 1 atom stereocenters. The molecule has 19 heavy (non-hydrogen) atoms. The molecule has 1 N–H and O–H groups in total. The molecule has 0 aromatic heterocycles. The van der Waals surface area contributed by atoms with Crippen molar-refractivity contribution in [3.8, 4) is 0 Å². The molecule has 1 aliphatic carbocycles. The molecule has 2 fully saturated rings. The summed E-state index contributed by atoms with van der Waals surface area (Å²) < 4.78 is 0. The molecular weight excluding hydrogens is 234 g/mol. The van der Waals surface area contributed by atoms with E-state index in [-0.39, 0.29) is 0 Å². The third kappa shape index (κ3) is 2.37. The van der Waals surface area contributed by atoms with Gasteiger partial charge in [0.2, 0.25) is 0 Å². The van der Waals surface area contributed by atoms with Crippen LogP contribution < -0.4 is 5.32 Å². The predicted molar refractivity (Wildman–Crippen MR) is 78.7 cm³/mol. The Labute approximate surface area is 115 Å². The fourth-order valence-electron chi connectivity index (χ4n) is 3.58. The van der Waals surface area contributed by atoms with Crippen LogP contribution in [0.3, 0.4) is 0 Å². The Hall–Kier alpha value is -1.06. The zero-order valence-corrected chi connectivity index (χ0v) is 11.5. The normalized spacial score (nSPS) is 28.1. The lowest BCUT2D eigenvalue weighted by molar-refractivity contribution is 0.122. The SMILES string of the molecule is c1ccc2c(c1)NCC2CN1CCN(C2CC2)CC1. The summed E-state index contributed by atoms with van der Waals surface area (Å²) in [4.78, 5) is 5.35. The fraction of sp³-hybridized carbons (Fsp3) is 0.625. The van der Waals surface area contributed by atoms with Crippen LogP contribution in [0.5, 0.6) is 0 Å². The second-order valence-electron chi connectivity index (χ2n) is 6.23. The third-order valence-electron chi connectivity index (χ3n) is 4.89. The molecule has 2 aliphatic heterocycles. The van der Waals surface area contributed by atoms with E-state index in [1.54, 1.807) is 0 Å². The van der Waals surface area contributed by atoms with E-state index < -0.39 is 0 Å². The number of nitrogens with zero attached hydrogens (tertiary/aromatic N) is 2. The minimum absolute atomic E-state index is 0.684. The monoisotopic (exact) mass is 257 g/mol. The lowest BCUT2D eigenvalue weighted by Gasteiger charge is -2.36. The van der Waals surface area contributed by atoms with Crippen molar-refractivity contribution in [1.29, 1.82) is 0 Å². The number of benzene rings is 1. The number of nitrogens with one attached hydrogen (secondary N) is 1. The van der Waals surface area contributed by atoms with Gasteiger partial charge in [-0.1, -0.05) is 18.2 Å². The molecule has 1 unspecified atom stereocenters. The lowest BCUT2D eigenvalue weighted by atomic mass is 10.0. The van der Waals surface area contributed by atoms with Gasteiger partial charge < -0.3 is 10.2 Å². The van der Waals surface area contributed by atoms with Crippen LogP contribution in [-0.2, 0) is 0 Å². The highest BCUT2D eigenvalue weighted by molar-refractivity contribution is 5.57. The quantitative estimate of drug-likeness (QED) is 0.893. The van der Waals surface area contributed by atoms with Crippen LogP contribution in [0.4, 0.5) is 5.69 Å². The molecule has 102 valence electrons. The number of hydrogen-bond donors (Lipinski definition) is 1. The number of fused-ring (bicyclic) bond motifs is 1. The van der Waals surface area contributed by atoms with Crippen LogP contribution in [-0.4, -0.2) is 55.1 Å². The van der Waals surface area contributed by atoms with Gasteiger partial charge >= 0.3 is 0 Å². The van der Waals surface area contributed by atoms with Gasteiger partial charge in [-0.05, 0) is 24.5 Å². The van der Waals surface area contributed by atoms with Crippen molar-refractivity contribution in [3.63, 3.8) is 0 Å². The summed E-state index contributed by atoms with van der Waals surface area (Å²) in [6, 6.07) is 9.74. The average Bonchev–Trinajstić information content (AvgIpc) is 3.23. The summed E-state index contributed by atoms with van der Waals surface area (Å²) in [7, 11) is 0. The van der Waals surface area contributed by atoms with Gasteiger partial charge in [0.05, 0.1) is 0 Å². The topological polar surface area (TPSA) is 18.5 Å². The third-order valence-corrected chi connectivity index (χ3v) is 4.89. The van der Waals surface area contributed by atoms with Crippen LogP contribution in [0.25, 0.3) is 0 Å². The second-order valence-corrected chi connectivity index (χ2v) is 6.23. The van der Waals surface area contributed by atoms with Crippen molar-refractivity contribution < 1.29 is 0 Å². The fourth-order valence-corrected chi connectivity index (χ4v) is 3.58. The highest BCUT2D eigenvalue weighted by Gasteiger charge is 2.32.